The van der Waals surface area contributed by atoms with Crippen LogP contribution in [0.4, 0.5) is 0 Å². The number of hydrogen-bond acceptors (Lipinski definition) is 6. The van der Waals surface area contributed by atoms with E-state index in [1.165, 1.54) is 23.9 Å². The molecule has 0 saturated carbocycles. The first-order chi connectivity index (χ1) is 17.1. The number of nitrogens with zero attached hydrogens (tertiary/aromatic N) is 3. The van der Waals surface area contributed by atoms with Crippen LogP contribution in [0.5, 0.6) is 11.5 Å². The molecule has 0 fully saturated rings. The predicted molar refractivity (Wildman–Crippen MR) is 134 cm³/mol. The van der Waals surface area contributed by atoms with Gasteiger partial charge in [0.05, 0.1) is 29.2 Å². The molecule has 0 aliphatic carbocycles. The van der Waals surface area contributed by atoms with Crippen molar-refractivity contribution in [2.75, 3.05) is 12.9 Å². The Bertz CT molecular complexity index is 1300. The Balaban J connectivity index is 1.52. The summed E-state index contributed by atoms with van der Waals surface area (Å²) in [6, 6.07) is 23.9. The number of thioether (sulfide) groups is 1. The number of ether oxygens (including phenoxy) is 1. The van der Waals surface area contributed by atoms with Gasteiger partial charge in [0, 0.05) is 0 Å². The molecule has 0 aliphatic heterocycles. The van der Waals surface area contributed by atoms with Gasteiger partial charge in [-0.25, -0.2) is 5.43 Å². The molecule has 0 bridgehead atoms. The summed E-state index contributed by atoms with van der Waals surface area (Å²) < 4.78 is 7.24. The minimum Gasteiger partial charge on any atom is -0.872 e. The van der Waals surface area contributed by atoms with E-state index in [1.807, 2.05) is 66.1 Å². The van der Waals surface area contributed by atoms with Gasteiger partial charge < -0.3 is 9.84 Å². The highest BCUT2D eigenvalue weighted by Crippen LogP contribution is 2.22. The van der Waals surface area contributed by atoms with Crippen molar-refractivity contribution in [2.45, 2.75) is 18.5 Å². The molecule has 4 rings (SSSR count). The Morgan fingerprint density at radius 2 is 1.80 bits per heavy atom. The molecule has 8 nitrogen and oxygen atoms in total. The molecule has 2 N–H and O–H groups in total. The third kappa shape index (κ3) is 5.88. The number of para-hydroxylation sites is 1. The summed E-state index contributed by atoms with van der Waals surface area (Å²) in [4.78, 5) is 12.6. The summed E-state index contributed by atoms with van der Waals surface area (Å²) in [5.74, 6) is 1.36. The quantitative estimate of drug-likeness (QED) is 0.163. The van der Waals surface area contributed by atoms with Gasteiger partial charge in [0.15, 0.2) is 0 Å². The summed E-state index contributed by atoms with van der Waals surface area (Å²) in [6.45, 7) is 1.94. The molecule has 0 spiro atoms. The summed E-state index contributed by atoms with van der Waals surface area (Å²) in [7, 11) is 1.63. The fourth-order valence-electron chi connectivity index (χ4n) is 3.44. The minimum atomic E-state index is -0.255. The van der Waals surface area contributed by atoms with Crippen molar-refractivity contribution in [3.63, 3.8) is 0 Å². The number of H-pyrrole nitrogens is 1. The number of carbonyl (C=O) groups excluding carboxylic acids is 1. The van der Waals surface area contributed by atoms with Crippen LogP contribution in [-0.2, 0) is 4.79 Å². The van der Waals surface area contributed by atoms with Crippen LogP contribution in [0.3, 0.4) is 0 Å². The first kappa shape index (κ1) is 24.0. The Hall–Kier alpha value is -4.11. The molecule has 0 atom stereocenters. The number of rotatable bonds is 9. The van der Waals surface area contributed by atoms with Crippen LogP contribution < -0.4 is 19.8 Å². The van der Waals surface area contributed by atoms with Crippen LogP contribution in [-0.4, -0.2) is 34.7 Å². The fourth-order valence-corrected chi connectivity index (χ4v) is 4.20. The lowest BCUT2D eigenvalue weighted by molar-refractivity contribution is -0.625. The van der Waals surface area contributed by atoms with Gasteiger partial charge in [-0.15, -0.1) is 10.8 Å². The molecular weight excluding hydrogens is 462 g/mol. The number of benzene rings is 3. The number of nitrogens with one attached hydrogen (secondary N) is 2. The molecule has 178 valence electrons. The van der Waals surface area contributed by atoms with E-state index in [1.54, 1.807) is 19.2 Å². The summed E-state index contributed by atoms with van der Waals surface area (Å²) in [6.07, 6.45) is 0.615. The smallest absolute Gasteiger partial charge is 0.342 e. The van der Waals surface area contributed by atoms with E-state index >= 15 is 0 Å². The molecule has 4 aromatic rings. The number of aromatic amines is 1. The van der Waals surface area contributed by atoms with Crippen molar-refractivity contribution in [3.8, 4) is 28.6 Å². The van der Waals surface area contributed by atoms with E-state index < -0.39 is 0 Å². The molecule has 3 aromatic carbocycles. The lowest BCUT2D eigenvalue weighted by atomic mass is 10.1. The average molecular weight is 488 g/mol. The standard InChI is InChI=1S/C26H25N5O3S/c1-3-23(18-9-13-21(32)14-10-18)27-28-24(33)17-35-26-30-29-25(19-11-15-22(34-2)16-12-19)31(26)20-7-5-4-6-8-20/h4-16H,3,17H2,1-2H3,(H2,27,28,32,33). The highest BCUT2D eigenvalue weighted by Gasteiger charge is 2.24. The van der Waals surface area contributed by atoms with Crippen LogP contribution >= 0.6 is 11.8 Å². The Morgan fingerprint density at radius 3 is 2.46 bits per heavy atom. The van der Waals surface area contributed by atoms with Gasteiger partial charge in [-0.2, -0.15) is 9.67 Å². The maximum atomic E-state index is 12.6. The zero-order valence-electron chi connectivity index (χ0n) is 19.4. The van der Waals surface area contributed by atoms with Crippen LogP contribution in [0.2, 0.25) is 0 Å². The highest BCUT2D eigenvalue weighted by atomic mass is 32.2. The summed E-state index contributed by atoms with van der Waals surface area (Å²) in [5.41, 5.74) is 5.97. The zero-order valence-corrected chi connectivity index (χ0v) is 20.2. The lowest BCUT2D eigenvalue weighted by Gasteiger charge is -2.08. The van der Waals surface area contributed by atoms with Gasteiger partial charge in [-0.3, -0.25) is 4.79 Å². The molecule has 0 aliphatic rings. The first-order valence-corrected chi connectivity index (χ1v) is 12.0. The van der Waals surface area contributed by atoms with Crippen LogP contribution in [0.15, 0.2) is 89.1 Å². The number of methoxy groups -OCH3 is 1. The van der Waals surface area contributed by atoms with E-state index in [0.29, 0.717) is 17.3 Å². The number of amides is 1. The molecule has 1 aromatic heterocycles. The van der Waals surface area contributed by atoms with Gasteiger partial charge in [0.25, 0.3) is 11.7 Å². The van der Waals surface area contributed by atoms with Crippen molar-refractivity contribution in [3.05, 3.63) is 84.4 Å². The molecule has 1 heterocycles. The maximum absolute atomic E-state index is 12.6. The monoisotopic (exact) mass is 487 g/mol. The van der Waals surface area contributed by atoms with Crippen LogP contribution in [0, 0.1) is 0 Å². The van der Waals surface area contributed by atoms with E-state index in [0.717, 1.165) is 28.4 Å². The summed E-state index contributed by atoms with van der Waals surface area (Å²) in [5, 5.41) is 23.8. The lowest BCUT2D eigenvalue weighted by Crippen LogP contribution is -2.34. The third-order valence-corrected chi connectivity index (χ3v) is 6.16. The van der Waals surface area contributed by atoms with Crippen LogP contribution in [0.25, 0.3) is 17.1 Å². The number of hydrogen-bond donors (Lipinski definition) is 2. The number of aromatic nitrogens is 3. The van der Waals surface area contributed by atoms with Crippen LogP contribution in [0.1, 0.15) is 18.9 Å². The van der Waals surface area contributed by atoms with Crippen molar-refractivity contribution < 1.29 is 19.2 Å². The molecule has 9 heteroatoms. The Labute approximate surface area is 207 Å². The van der Waals surface area contributed by atoms with Gasteiger partial charge >= 0.3 is 5.16 Å². The van der Waals surface area contributed by atoms with Gasteiger partial charge in [0.2, 0.25) is 0 Å². The molecule has 0 saturated heterocycles. The maximum Gasteiger partial charge on any atom is 0.342 e. The third-order valence-electron chi connectivity index (χ3n) is 5.22. The molecule has 0 radical (unpaired) electrons. The van der Waals surface area contributed by atoms with E-state index in [4.69, 9.17) is 4.74 Å². The van der Waals surface area contributed by atoms with Crippen molar-refractivity contribution in [2.24, 2.45) is 5.10 Å². The topological polar surface area (TPSA) is 106 Å². The van der Waals surface area contributed by atoms with Crippen molar-refractivity contribution in [1.29, 1.82) is 0 Å². The average Bonchev–Trinajstić information content (AvgIpc) is 3.33. The van der Waals surface area contributed by atoms with Crippen molar-refractivity contribution >= 4 is 23.4 Å². The predicted octanol–water partition coefficient (Wildman–Crippen LogP) is 3.46. The first-order valence-electron chi connectivity index (χ1n) is 11.0. The second-order valence-electron chi connectivity index (χ2n) is 7.51. The van der Waals surface area contributed by atoms with Gasteiger partial charge in [-0.1, -0.05) is 49.4 Å². The van der Waals surface area contributed by atoms with Gasteiger partial charge in [-0.05, 0) is 60.1 Å². The number of hydrazone groups is 1. The van der Waals surface area contributed by atoms with Gasteiger partial charge in [0.1, 0.15) is 11.4 Å². The number of carbonyl (C=O) groups is 1. The Kier molecular flexibility index (Phi) is 7.79. The molecule has 0 unspecified atom stereocenters. The molecule has 35 heavy (non-hydrogen) atoms. The SMILES string of the molecule is CCC(=NNC(=O)CSc1n[nH]c(-c2ccc(OC)cc2)[n+]1-c1ccccc1)c1ccc([O-])cc1. The minimum absolute atomic E-state index is 0.0654. The molecule has 1 amide bonds. The fraction of sp³-hybridized carbons (Fsp3) is 0.154. The highest BCUT2D eigenvalue weighted by molar-refractivity contribution is 7.99. The second-order valence-corrected chi connectivity index (χ2v) is 8.46. The largest absolute Gasteiger partial charge is 0.872 e. The zero-order chi connectivity index (χ0) is 24.6. The second kappa shape index (κ2) is 11.3. The Morgan fingerprint density at radius 1 is 1.09 bits per heavy atom. The normalized spacial score (nSPS) is 11.3. The summed E-state index contributed by atoms with van der Waals surface area (Å²) >= 11 is 1.30. The van der Waals surface area contributed by atoms with Crippen molar-refractivity contribution in [1.82, 2.24) is 15.6 Å². The molecular formula is C26H25N5O3S. The van der Waals surface area contributed by atoms with E-state index in [9.17, 15) is 9.90 Å². The van der Waals surface area contributed by atoms with E-state index in [2.05, 4.69) is 20.7 Å². The van der Waals surface area contributed by atoms with E-state index in [-0.39, 0.29) is 17.4 Å².